The summed E-state index contributed by atoms with van der Waals surface area (Å²) in [5.74, 6) is -0.279. The lowest BCUT2D eigenvalue weighted by Crippen LogP contribution is -2.49. The molecule has 0 atom stereocenters. The van der Waals surface area contributed by atoms with Crippen molar-refractivity contribution in [3.63, 3.8) is 0 Å². The first-order valence-electron chi connectivity index (χ1n) is 11.9. The number of ether oxygens (including phenoxy) is 2. The van der Waals surface area contributed by atoms with E-state index in [1.54, 1.807) is 12.3 Å². The molecule has 3 rings (SSSR count). The molecule has 3 heterocycles. The van der Waals surface area contributed by atoms with Gasteiger partial charge in [0, 0.05) is 70.2 Å². The van der Waals surface area contributed by atoms with Crippen molar-refractivity contribution in [1.82, 2.24) is 20.1 Å². The summed E-state index contributed by atoms with van der Waals surface area (Å²) < 4.78 is 10.1. The summed E-state index contributed by atoms with van der Waals surface area (Å²) in [6.07, 6.45) is 3.20. The molecular formula is C24H37N5O5. The Kier molecular flexibility index (Phi) is 8.71. The van der Waals surface area contributed by atoms with Crippen LogP contribution in [0.1, 0.15) is 50.5 Å². The summed E-state index contributed by atoms with van der Waals surface area (Å²) in [6, 6.07) is 3.69. The predicted molar refractivity (Wildman–Crippen MR) is 128 cm³/mol. The van der Waals surface area contributed by atoms with Crippen LogP contribution in [0.3, 0.4) is 0 Å². The number of nitrogens with one attached hydrogen (secondary N) is 1. The lowest BCUT2D eigenvalue weighted by molar-refractivity contribution is -0.132. The van der Waals surface area contributed by atoms with E-state index in [0.717, 1.165) is 51.3 Å². The molecule has 2 aliphatic heterocycles. The monoisotopic (exact) mass is 475 g/mol. The van der Waals surface area contributed by atoms with Crippen LogP contribution in [0.25, 0.3) is 0 Å². The number of rotatable bonds is 6. The van der Waals surface area contributed by atoms with Crippen LogP contribution in [-0.4, -0.2) is 97.3 Å². The molecule has 10 nitrogen and oxygen atoms in total. The minimum Gasteiger partial charge on any atom is -0.464 e. The third kappa shape index (κ3) is 7.58. The normalized spacial score (nSPS) is 17.9. The smallest absolute Gasteiger partial charge is 0.407 e. The van der Waals surface area contributed by atoms with Gasteiger partial charge in [0.1, 0.15) is 11.3 Å². The predicted octanol–water partition coefficient (Wildman–Crippen LogP) is 1.90. The van der Waals surface area contributed by atoms with Gasteiger partial charge in [0.05, 0.1) is 7.11 Å². The number of aromatic nitrogens is 1. The summed E-state index contributed by atoms with van der Waals surface area (Å²) >= 11 is 0. The molecule has 2 saturated heterocycles. The van der Waals surface area contributed by atoms with Crippen molar-refractivity contribution in [2.24, 2.45) is 0 Å². The van der Waals surface area contributed by atoms with Gasteiger partial charge in [0.15, 0.2) is 0 Å². The number of likely N-dealkylation sites (tertiary alicyclic amines) is 1. The van der Waals surface area contributed by atoms with Crippen LogP contribution < -0.4 is 10.2 Å². The van der Waals surface area contributed by atoms with Gasteiger partial charge in [-0.2, -0.15) is 0 Å². The zero-order chi connectivity index (χ0) is 24.7. The Morgan fingerprint density at radius 2 is 1.76 bits per heavy atom. The van der Waals surface area contributed by atoms with Crippen LogP contribution in [0.2, 0.25) is 0 Å². The first kappa shape index (κ1) is 25.7. The maximum Gasteiger partial charge on any atom is 0.407 e. The minimum atomic E-state index is -0.517. The number of piperidine rings is 1. The number of anilines is 1. The minimum absolute atomic E-state index is 0.0415. The second kappa shape index (κ2) is 11.5. The van der Waals surface area contributed by atoms with Crippen molar-refractivity contribution in [3.05, 3.63) is 24.0 Å². The molecule has 1 aromatic heterocycles. The number of carbonyl (C=O) groups excluding carboxylic acids is 3. The highest BCUT2D eigenvalue weighted by Crippen LogP contribution is 2.18. The molecule has 10 heteroatoms. The second-order valence-corrected chi connectivity index (χ2v) is 9.77. The average Bonchev–Trinajstić information content (AvgIpc) is 2.81. The number of esters is 1. The number of piperazine rings is 1. The van der Waals surface area contributed by atoms with E-state index in [9.17, 15) is 14.4 Å². The lowest BCUT2D eigenvalue weighted by atomic mass is 10.0. The van der Waals surface area contributed by atoms with E-state index in [4.69, 9.17) is 9.47 Å². The third-order valence-corrected chi connectivity index (χ3v) is 6.09. The molecule has 188 valence electrons. The molecule has 0 unspecified atom stereocenters. The maximum absolute atomic E-state index is 12.7. The highest BCUT2D eigenvalue weighted by molar-refractivity contribution is 5.88. The molecule has 34 heavy (non-hydrogen) atoms. The van der Waals surface area contributed by atoms with Crippen LogP contribution in [0.15, 0.2) is 18.3 Å². The van der Waals surface area contributed by atoms with E-state index in [-0.39, 0.29) is 11.9 Å². The first-order chi connectivity index (χ1) is 16.1. The molecule has 1 N–H and O–H groups in total. The van der Waals surface area contributed by atoms with Gasteiger partial charge in [-0.15, -0.1) is 0 Å². The summed E-state index contributed by atoms with van der Waals surface area (Å²) in [4.78, 5) is 46.8. The number of hydrogen-bond donors (Lipinski definition) is 1. The summed E-state index contributed by atoms with van der Waals surface area (Å²) in [5.41, 5.74) is 0.739. The Morgan fingerprint density at radius 1 is 1.09 bits per heavy atom. The van der Waals surface area contributed by atoms with Crippen LogP contribution in [0, 0.1) is 0 Å². The zero-order valence-electron chi connectivity index (χ0n) is 20.7. The molecule has 0 saturated carbocycles. The van der Waals surface area contributed by atoms with Crippen molar-refractivity contribution in [2.75, 3.05) is 57.8 Å². The van der Waals surface area contributed by atoms with Gasteiger partial charge in [-0.05, 0) is 45.7 Å². The van der Waals surface area contributed by atoms with Crippen LogP contribution in [0.4, 0.5) is 10.5 Å². The Morgan fingerprint density at radius 3 is 2.38 bits per heavy atom. The maximum atomic E-state index is 12.7. The van der Waals surface area contributed by atoms with Gasteiger partial charge in [-0.3, -0.25) is 9.69 Å². The molecule has 2 fully saturated rings. The van der Waals surface area contributed by atoms with Crippen molar-refractivity contribution >= 4 is 23.7 Å². The SMILES string of the molecule is COC(=O)c1cc(N2CCN(CCC(=O)N3CCC(NC(=O)OC(C)(C)C)CC3)CC2)ccn1. The molecule has 0 bridgehead atoms. The molecule has 0 aliphatic carbocycles. The summed E-state index contributed by atoms with van der Waals surface area (Å²) in [5, 5.41) is 2.91. The number of carbonyl (C=O) groups is 3. The van der Waals surface area contributed by atoms with Gasteiger partial charge in [0.25, 0.3) is 0 Å². The second-order valence-electron chi connectivity index (χ2n) is 9.77. The van der Waals surface area contributed by atoms with Crippen molar-refractivity contribution < 1.29 is 23.9 Å². The molecular weight excluding hydrogens is 438 g/mol. The Bertz CT molecular complexity index is 856. The zero-order valence-corrected chi connectivity index (χ0v) is 20.7. The number of hydrogen-bond acceptors (Lipinski definition) is 8. The Hall–Kier alpha value is -2.88. The molecule has 0 spiro atoms. The molecule has 1 aromatic rings. The van der Waals surface area contributed by atoms with Crippen LogP contribution in [0.5, 0.6) is 0 Å². The Balaban J connectivity index is 1.36. The number of alkyl carbamates (subject to hydrolysis) is 1. The fourth-order valence-electron chi connectivity index (χ4n) is 4.22. The molecule has 2 aliphatic rings. The van der Waals surface area contributed by atoms with Gasteiger partial charge >= 0.3 is 12.1 Å². The van der Waals surface area contributed by atoms with E-state index in [0.29, 0.717) is 25.2 Å². The fraction of sp³-hybridized carbons (Fsp3) is 0.667. The molecule has 2 amide bonds. The molecule has 0 radical (unpaired) electrons. The third-order valence-electron chi connectivity index (χ3n) is 6.09. The van der Waals surface area contributed by atoms with Gasteiger partial charge in [-0.25, -0.2) is 14.6 Å². The van der Waals surface area contributed by atoms with E-state index in [1.807, 2.05) is 31.7 Å². The van der Waals surface area contributed by atoms with Crippen LogP contribution in [-0.2, 0) is 14.3 Å². The average molecular weight is 476 g/mol. The standard InChI is InChI=1S/C24H37N5O5/c1-24(2,3)34-23(32)26-18-6-11-29(12-7-18)21(30)8-10-27-13-15-28(16-14-27)19-5-9-25-20(17-19)22(31)33-4/h5,9,17-18H,6-8,10-16H2,1-4H3,(H,26,32). The topological polar surface area (TPSA) is 104 Å². The number of nitrogens with zero attached hydrogens (tertiary/aromatic N) is 4. The number of amides is 2. The number of pyridine rings is 1. The van der Waals surface area contributed by atoms with Gasteiger partial charge in [-0.1, -0.05) is 0 Å². The van der Waals surface area contributed by atoms with Gasteiger partial charge < -0.3 is 24.6 Å². The van der Waals surface area contributed by atoms with Crippen molar-refractivity contribution in [1.29, 1.82) is 0 Å². The van der Waals surface area contributed by atoms with Crippen molar-refractivity contribution in [3.8, 4) is 0 Å². The largest absolute Gasteiger partial charge is 0.464 e. The van der Waals surface area contributed by atoms with Gasteiger partial charge in [0.2, 0.25) is 5.91 Å². The number of methoxy groups -OCH3 is 1. The highest BCUT2D eigenvalue weighted by Gasteiger charge is 2.26. The van der Waals surface area contributed by atoms with E-state index in [2.05, 4.69) is 20.1 Å². The first-order valence-corrected chi connectivity index (χ1v) is 11.9. The summed E-state index contributed by atoms with van der Waals surface area (Å²) in [6.45, 7) is 10.9. The molecule has 0 aromatic carbocycles. The van der Waals surface area contributed by atoms with E-state index in [1.165, 1.54) is 7.11 Å². The van der Waals surface area contributed by atoms with E-state index >= 15 is 0 Å². The lowest BCUT2D eigenvalue weighted by Gasteiger charge is -2.37. The van der Waals surface area contributed by atoms with Crippen LogP contribution >= 0.6 is 0 Å². The highest BCUT2D eigenvalue weighted by atomic mass is 16.6. The van der Waals surface area contributed by atoms with Crippen molar-refractivity contribution in [2.45, 2.75) is 51.7 Å². The Labute approximate surface area is 201 Å². The fourth-order valence-corrected chi connectivity index (χ4v) is 4.22. The summed E-state index contributed by atoms with van der Waals surface area (Å²) in [7, 11) is 1.35. The van der Waals surface area contributed by atoms with E-state index < -0.39 is 17.7 Å². The quantitative estimate of drug-likeness (QED) is 0.622.